The Morgan fingerprint density at radius 1 is 1.58 bits per heavy atom. The van der Waals surface area contributed by atoms with Crippen LogP contribution in [0.2, 0.25) is 0 Å². The summed E-state index contributed by atoms with van der Waals surface area (Å²) in [6.45, 7) is 3.02. The lowest BCUT2D eigenvalue weighted by atomic mass is 10.0. The molecule has 0 bridgehead atoms. The smallest absolute Gasteiger partial charge is 0.120 e. The van der Waals surface area contributed by atoms with Gasteiger partial charge in [-0.3, -0.25) is 0 Å². The van der Waals surface area contributed by atoms with E-state index in [9.17, 15) is 5.11 Å². The fraction of sp³-hybridized carbons (Fsp3) is 0.400. The van der Waals surface area contributed by atoms with Crippen molar-refractivity contribution in [3.63, 3.8) is 0 Å². The normalized spacial score (nSPS) is 20.9. The van der Waals surface area contributed by atoms with Crippen LogP contribution >= 0.6 is 0 Å². The molecule has 64 valence electrons. The average molecular weight is 163 g/mol. The van der Waals surface area contributed by atoms with Crippen LogP contribution in [0, 0.1) is 0 Å². The summed E-state index contributed by atoms with van der Waals surface area (Å²) < 4.78 is 0. The molecule has 12 heavy (non-hydrogen) atoms. The zero-order chi connectivity index (χ0) is 8.55. The largest absolute Gasteiger partial charge is 0.508 e. The standard InChI is InChI=1S/C10H13NO/c1-2-8-10-7(6-11-8)4-3-5-9(10)12/h3-5,8,11-12H,2,6H2,1H3. The second-order valence-electron chi connectivity index (χ2n) is 3.19. The highest BCUT2D eigenvalue weighted by molar-refractivity contribution is 5.44. The van der Waals surface area contributed by atoms with Crippen LogP contribution in [0.15, 0.2) is 18.2 Å². The Bertz CT molecular complexity index is 296. The van der Waals surface area contributed by atoms with Gasteiger partial charge in [-0.15, -0.1) is 0 Å². The Kier molecular flexibility index (Phi) is 1.77. The molecule has 0 spiro atoms. The number of benzene rings is 1. The highest BCUT2D eigenvalue weighted by Crippen LogP contribution is 2.34. The van der Waals surface area contributed by atoms with Crippen molar-refractivity contribution in [2.75, 3.05) is 0 Å². The van der Waals surface area contributed by atoms with Gasteiger partial charge in [0.2, 0.25) is 0 Å². The maximum Gasteiger partial charge on any atom is 0.120 e. The van der Waals surface area contributed by atoms with E-state index >= 15 is 0 Å². The second kappa shape index (κ2) is 2.79. The molecule has 0 aliphatic carbocycles. The molecule has 0 saturated carbocycles. The Morgan fingerprint density at radius 3 is 3.17 bits per heavy atom. The molecular formula is C10H13NO. The van der Waals surface area contributed by atoms with Gasteiger partial charge in [-0.05, 0) is 18.1 Å². The minimum atomic E-state index is 0.348. The quantitative estimate of drug-likeness (QED) is 0.663. The molecule has 0 saturated heterocycles. The van der Waals surface area contributed by atoms with Crippen LogP contribution in [0.3, 0.4) is 0 Å². The number of hydrogen-bond donors (Lipinski definition) is 2. The molecular weight excluding hydrogens is 150 g/mol. The molecule has 2 N–H and O–H groups in total. The fourth-order valence-corrected chi connectivity index (χ4v) is 1.84. The van der Waals surface area contributed by atoms with Gasteiger partial charge in [0.1, 0.15) is 5.75 Å². The minimum absolute atomic E-state index is 0.348. The zero-order valence-corrected chi connectivity index (χ0v) is 7.17. The Morgan fingerprint density at radius 2 is 2.42 bits per heavy atom. The van der Waals surface area contributed by atoms with E-state index in [2.05, 4.69) is 18.3 Å². The van der Waals surface area contributed by atoms with Gasteiger partial charge in [-0.2, -0.15) is 0 Å². The summed E-state index contributed by atoms with van der Waals surface area (Å²) in [5, 5.41) is 12.9. The molecule has 1 aromatic rings. The van der Waals surface area contributed by atoms with Crippen LogP contribution in [0.4, 0.5) is 0 Å². The maximum absolute atomic E-state index is 9.59. The van der Waals surface area contributed by atoms with Crippen molar-refractivity contribution >= 4 is 0 Å². The van der Waals surface area contributed by atoms with Gasteiger partial charge in [0, 0.05) is 18.2 Å². The van der Waals surface area contributed by atoms with Crippen LogP contribution in [0.5, 0.6) is 5.75 Å². The lowest BCUT2D eigenvalue weighted by molar-refractivity contribution is 0.455. The number of hydrogen-bond acceptors (Lipinski definition) is 2. The van der Waals surface area contributed by atoms with Gasteiger partial charge in [0.25, 0.3) is 0 Å². The summed E-state index contributed by atoms with van der Waals surface area (Å²) in [5.74, 6) is 0.435. The summed E-state index contributed by atoms with van der Waals surface area (Å²) in [4.78, 5) is 0. The van der Waals surface area contributed by atoms with Crippen LogP contribution in [0.25, 0.3) is 0 Å². The zero-order valence-electron chi connectivity index (χ0n) is 7.17. The molecule has 2 rings (SSSR count). The topological polar surface area (TPSA) is 32.3 Å². The van der Waals surface area contributed by atoms with Crippen molar-refractivity contribution in [1.82, 2.24) is 5.32 Å². The van der Waals surface area contributed by atoms with Crippen molar-refractivity contribution in [2.24, 2.45) is 0 Å². The average Bonchev–Trinajstić information content (AvgIpc) is 2.49. The monoisotopic (exact) mass is 163 g/mol. The minimum Gasteiger partial charge on any atom is -0.508 e. The molecule has 1 heterocycles. The van der Waals surface area contributed by atoms with Crippen LogP contribution < -0.4 is 5.32 Å². The van der Waals surface area contributed by atoms with E-state index < -0.39 is 0 Å². The van der Waals surface area contributed by atoms with Crippen molar-refractivity contribution < 1.29 is 5.11 Å². The Labute approximate surface area is 72.2 Å². The summed E-state index contributed by atoms with van der Waals surface area (Å²) in [7, 11) is 0. The van der Waals surface area contributed by atoms with Crippen LogP contribution in [-0.4, -0.2) is 5.11 Å². The van der Waals surface area contributed by atoms with E-state index in [1.807, 2.05) is 6.07 Å². The van der Waals surface area contributed by atoms with E-state index in [0.29, 0.717) is 11.8 Å². The number of fused-ring (bicyclic) bond motifs is 1. The predicted molar refractivity (Wildman–Crippen MR) is 48.0 cm³/mol. The molecule has 2 nitrogen and oxygen atoms in total. The molecule has 1 unspecified atom stereocenters. The molecule has 0 fully saturated rings. The van der Waals surface area contributed by atoms with E-state index in [1.54, 1.807) is 6.07 Å². The number of nitrogens with one attached hydrogen (secondary N) is 1. The molecule has 0 amide bonds. The molecule has 0 radical (unpaired) electrons. The van der Waals surface area contributed by atoms with Gasteiger partial charge < -0.3 is 10.4 Å². The molecule has 0 aromatic heterocycles. The molecule has 1 aromatic carbocycles. The van der Waals surface area contributed by atoms with Crippen LogP contribution in [-0.2, 0) is 6.54 Å². The maximum atomic E-state index is 9.59. The van der Waals surface area contributed by atoms with E-state index in [1.165, 1.54) is 5.56 Å². The van der Waals surface area contributed by atoms with Crippen molar-refractivity contribution in [3.05, 3.63) is 29.3 Å². The van der Waals surface area contributed by atoms with Gasteiger partial charge in [-0.25, -0.2) is 0 Å². The first-order chi connectivity index (χ1) is 5.83. The van der Waals surface area contributed by atoms with Gasteiger partial charge in [0.15, 0.2) is 0 Å². The Balaban J connectivity index is 2.48. The number of aromatic hydroxyl groups is 1. The SMILES string of the molecule is CCC1NCc2cccc(O)c21. The fourth-order valence-electron chi connectivity index (χ4n) is 1.84. The first-order valence-corrected chi connectivity index (χ1v) is 4.37. The summed E-state index contributed by atoms with van der Waals surface area (Å²) in [6.07, 6.45) is 1.03. The summed E-state index contributed by atoms with van der Waals surface area (Å²) >= 11 is 0. The van der Waals surface area contributed by atoms with Crippen molar-refractivity contribution in [2.45, 2.75) is 25.9 Å². The molecule has 1 aliphatic heterocycles. The first kappa shape index (κ1) is 7.62. The highest BCUT2D eigenvalue weighted by atomic mass is 16.3. The second-order valence-corrected chi connectivity index (χ2v) is 3.19. The van der Waals surface area contributed by atoms with E-state index in [0.717, 1.165) is 18.5 Å². The summed E-state index contributed by atoms with van der Waals surface area (Å²) in [6, 6.07) is 6.07. The van der Waals surface area contributed by atoms with Gasteiger partial charge >= 0.3 is 0 Å². The highest BCUT2D eigenvalue weighted by Gasteiger charge is 2.22. The summed E-state index contributed by atoms with van der Waals surface area (Å²) in [5.41, 5.74) is 2.34. The molecule has 2 heteroatoms. The molecule has 1 atom stereocenters. The third kappa shape index (κ3) is 0.994. The lowest BCUT2D eigenvalue weighted by Crippen LogP contribution is -2.10. The van der Waals surface area contributed by atoms with Crippen molar-refractivity contribution in [1.29, 1.82) is 0 Å². The van der Waals surface area contributed by atoms with E-state index in [4.69, 9.17) is 0 Å². The number of phenolic OH excluding ortho intramolecular Hbond substituents is 1. The Hall–Kier alpha value is -1.02. The first-order valence-electron chi connectivity index (χ1n) is 4.37. The number of phenols is 1. The van der Waals surface area contributed by atoms with Crippen molar-refractivity contribution in [3.8, 4) is 5.75 Å². The molecule has 1 aliphatic rings. The third-order valence-corrected chi connectivity index (χ3v) is 2.47. The van der Waals surface area contributed by atoms with Gasteiger partial charge in [-0.1, -0.05) is 19.1 Å². The van der Waals surface area contributed by atoms with Crippen LogP contribution in [0.1, 0.15) is 30.5 Å². The lowest BCUT2D eigenvalue weighted by Gasteiger charge is -2.09. The predicted octanol–water partition coefficient (Wildman–Crippen LogP) is 1.95. The third-order valence-electron chi connectivity index (χ3n) is 2.47. The number of rotatable bonds is 1. The van der Waals surface area contributed by atoms with Gasteiger partial charge in [0.05, 0.1) is 0 Å². The van der Waals surface area contributed by atoms with E-state index in [-0.39, 0.29) is 0 Å².